The number of ether oxygens (including phenoxy) is 1. The van der Waals surface area contributed by atoms with Gasteiger partial charge in [0.25, 0.3) is 0 Å². The van der Waals surface area contributed by atoms with Crippen molar-refractivity contribution in [2.75, 3.05) is 0 Å². The SMILES string of the molecule is C=C(C(C)C)C(C)(C)CCC(C)C1CCC2C3CC=C4CC(OC(C)=O)CCC4(C)C3CCC12C. The van der Waals surface area contributed by atoms with Gasteiger partial charge < -0.3 is 4.74 Å². The monoisotopic (exact) mass is 482 g/mol. The molecule has 4 rings (SSSR count). The van der Waals surface area contributed by atoms with E-state index in [0.717, 1.165) is 42.4 Å². The van der Waals surface area contributed by atoms with Crippen molar-refractivity contribution in [2.45, 2.75) is 126 Å². The van der Waals surface area contributed by atoms with Crippen molar-refractivity contribution >= 4 is 5.97 Å². The molecule has 198 valence electrons. The normalized spacial score (nSPS) is 39.8. The second kappa shape index (κ2) is 9.68. The topological polar surface area (TPSA) is 26.3 Å². The van der Waals surface area contributed by atoms with E-state index < -0.39 is 0 Å². The molecule has 0 aromatic rings. The van der Waals surface area contributed by atoms with Crippen LogP contribution in [-0.4, -0.2) is 12.1 Å². The lowest BCUT2D eigenvalue weighted by molar-refractivity contribution is -0.148. The maximum Gasteiger partial charge on any atom is 0.302 e. The fourth-order valence-corrected chi connectivity index (χ4v) is 9.67. The van der Waals surface area contributed by atoms with Gasteiger partial charge in [-0.05, 0) is 110 Å². The molecule has 8 atom stereocenters. The van der Waals surface area contributed by atoms with Crippen LogP contribution in [0.25, 0.3) is 0 Å². The number of fused-ring (bicyclic) bond motifs is 5. The van der Waals surface area contributed by atoms with Gasteiger partial charge in [0.2, 0.25) is 0 Å². The van der Waals surface area contributed by atoms with Gasteiger partial charge in [-0.1, -0.05) is 72.3 Å². The molecule has 3 fully saturated rings. The van der Waals surface area contributed by atoms with E-state index >= 15 is 0 Å². The van der Waals surface area contributed by atoms with Gasteiger partial charge in [0.1, 0.15) is 6.10 Å². The lowest BCUT2D eigenvalue weighted by Crippen LogP contribution is -2.51. The highest BCUT2D eigenvalue weighted by atomic mass is 16.5. The van der Waals surface area contributed by atoms with Gasteiger partial charge >= 0.3 is 5.97 Å². The third kappa shape index (κ3) is 4.82. The summed E-state index contributed by atoms with van der Waals surface area (Å²) in [6, 6.07) is 0. The van der Waals surface area contributed by atoms with Crippen LogP contribution in [0.2, 0.25) is 0 Å². The Morgan fingerprint density at radius 1 is 1.11 bits per heavy atom. The van der Waals surface area contributed by atoms with Crippen molar-refractivity contribution in [1.29, 1.82) is 0 Å². The Balaban J connectivity index is 1.45. The number of carbonyl (C=O) groups excluding carboxylic acids is 1. The second-order valence-electron chi connectivity index (χ2n) is 14.5. The highest BCUT2D eigenvalue weighted by Crippen LogP contribution is 2.67. The first-order valence-corrected chi connectivity index (χ1v) is 14.9. The molecule has 4 aliphatic carbocycles. The second-order valence-corrected chi connectivity index (χ2v) is 14.5. The summed E-state index contributed by atoms with van der Waals surface area (Å²) >= 11 is 0. The quantitative estimate of drug-likeness (QED) is 0.267. The molecule has 0 spiro atoms. The molecule has 0 N–H and O–H groups in total. The summed E-state index contributed by atoms with van der Waals surface area (Å²) in [5.74, 6) is 4.67. The Labute approximate surface area is 216 Å². The van der Waals surface area contributed by atoms with E-state index in [9.17, 15) is 4.79 Å². The van der Waals surface area contributed by atoms with E-state index in [-0.39, 0.29) is 17.5 Å². The van der Waals surface area contributed by atoms with Crippen molar-refractivity contribution in [1.82, 2.24) is 0 Å². The number of carbonyl (C=O) groups is 1. The zero-order chi connectivity index (χ0) is 25.8. The molecule has 2 heteroatoms. The maximum atomic E-state index is 11.5. The molecule has 0 radical (unpaired) electrons. The van der Waals surface area contributed by atoms with Gasteiger partial charge in [-0.25, -0.2) is 0 Å². The summed E-state index contributed by atoms with van der Waals surface area (Å²) in [4.78, 5) is 11.5. The van der Waals surface area contributed by atoms with Gasteiger partial charge in [0.05, 0.1) is 0 Å². The fraction of sp³-hybridized carbons (Fsp3) is 0.848. The minimum absolute atomic E-state index is 0.102. The number of esters is 1. The first-order chi connectivity index (χ1) is 16.3. The van der Waals surface area contributed by atoms with Crippen LogP contribution in [0.15, 0.2) is 23.8 Å². The maximum absolute atomic E-state index is 11.5. The lowest BCUT2D eigenvalue weighted by atomic mass is 9.47. The summed E-state index contributed by atoms with van der Waals surface area (Å²) in [5.41, 5.74) is 4.10. The van der Waals surface area contributed by atoms with Crippen LogP contribution in [0.1, 0.15) is 120 Å². The van der Waals surface area contributed by atoms with Gasteiger partial charge in [0.15, 0.2) is 0 Å². The zero-order valence-corrected chi connectivity index (χ0v) is 24.2. The predicted octanol–water partition coefficient (Wildman–Crippen LogP) is 9.15. The number of allylic oxidation sites excluding steroid dienone is 2. The van der Waals surface area contributed by atoms with E-state index in [1.807, 2.05) is 0 Å². The number of rotatable bonds is 7. The third-order valence-electron chi connectivity index (χ3n) is 11.9. The van der Waals surface area contributed by atoms with E-state index in [1.54, 1.807) is 12.5 Å². The van der Waals surface area contributed by atoms with Crippen molar-refractivity contribution in [3.8, 4) is 0 Å². The molecular weight excluding hydrogens is 428 g/mol. The van der Waals surface area contributed by atoms with Gasteiger partial charge in [-0.2, -0.15) is 0 Å². The minimum atomic E-state index is -0.121. The summed E-state index contributed by atoms with van der Waals surface area (Å²) in [6.07, 6.45) is 15.4. The average Bonchev–Trinajstić information content (AvgIpc) is 3.14. The Hall–Kier alpha value is -1.05. The Morgan fingerprint density at radius 2 is 1.83 bits per heavy atom. The fourth-order valence-electron chi connectivity index (χ4n) is 9.67. The molecule has 35 heavy (non-hydrogen) atoms. The molecular formula is C33H54O2. The molecule has 2 nitrogen and oxygen atoms in total. The average molecular weight is 483 g/mol. The molecule has 4 aliphatic rings. The predicted molar refractivity (Wildman–Crippen MR) is 147 cm³/mol. The van der Waals surface area contributed by atoms with Crippen LogP contribution in [0, 0.1) is 51.8 Å². The Morgan fingerprint density at radius 3 is 2.49 bits per heavy atom. The van der Waals surface area contributed by atoms with Crippen LogP contribution in [0.5, 0.6) is 0 Å². The highest BCUT2D eigenvalue weighted by Gasteiger charge is 2.59. The smallest absolute Gasteiger partial charge is 0.302 e. The molecule has 3 saturated carbocycles. The largest absolute Gasteiger partial charge is 0.462 e. The van der Waals surface area contributed by atoms with Crippen molar-refractivity contribution < 1.29 is 9.53 Å². The third-order valence-corrected chi connectivity index (χ3v) is 11.9. The van der Waals surface area contributed by atoms with E-state index in [1.165, 1.54) is 56.9 Å². The van der Waals surface area contributed by atoms with Crippen molar-refractivity contribution in [3.63, 3.8) is 0 Å². The summed E-state index contributed by atoms with van der Waals surface area (Å²) < 4.78 is 5.64. The van der Waals surface area contributed by atoms with Crippen LogP contribution in [0.3, 0.4) is 0 Å². The molecule has 0 aromatic carbocycles. The number of hydrogen-bond donors (Lipinski definition) is 0. The minimum Gasteiger partial charge on any atom is -0.462 e. The molecule has 0 amide bonds. The Bertz CT molecular complexity index is 849. The first-order valence-electron chi connectivity index (χ1n) is 14.9. The van der Waals surface area contributed by atoms with Crippen LogP contribution in [-0.2, 0) is 9.53 Å². The zero-order valence-electron chi connectivity index (χ0n) is 24.2. The summed E-state index contributed by atoms with van der Waals surface area (Å²) in [7, 11) is 0. The molecule has 0 bridgehead atoms. The number of hydrogen-bond acceptors (Lipinski definition) is 2. The molecule has 0 aromatic heterocycles. The van der Waals surface area contributed by atoms with Crippen LogP contribution < -0.4 is 0 Å². The van der Waals surface area contributed by atoms with E-state index in [0.29, 0.717) is 16.7 Å². The van der Waals surface area contributed by atoms with Crippen LogP contribution in [0.4, 0.5) is 0 Å². The van der Waals surface area contributed by atoms with Crippen molar-refractivity contribution in [2.24, 2.45) is 51.8 Å². The van der Waals surface area contributed by atoms with E-state index in [2.05, 4.69) is 61.1 Å². The van der Waals surface area contributed by atoms with Crippen LogP contribution >= 0.6 is 0 Å². The van der Waals surface area contributed by atoms with E-state index in [4.69, 9.17) is 4.74 Å². The van der Waals surface area contributed by atoms with Gasteiger partial charge in [0, 0.05) is 13.3 Å². The summed E-state index contributed by atoms with van der Waals surface area (Å²) in [6.45, 7) is 23.2. The molecule has 8 unspecified atom stereocenters. The highest BCUT2D eigenvalue weighted by molar-refractivity contribution is 5.66. The molecule has 0 heterocycles. The van der Waals surface area contributed by atoms with Gasteiger partial charge in [-0.15, -0.1) is 0 Å². The standard InChI is InChI=1S/C33H54O2/c1-21(2)23(4)31(6,7)17-14-22(3)28-12-13-29-27-11-10-25-20-26(35-24(5)34)15-18-32(25,8)30(27)16-19-33(28,29)9/h10,21-22,26-30H,4,11-20H2,1-3,5-9H3. The summed E-state index contributed by atoms with van der Waals surface area (Å²) in [5, 5.41) is 0. The first kappa shape index (κ1) is 27.0. The molecule has 0 aliphatic heterocycles. The van der Waals surface area contributed by atoms with Crippen molar-refractivity contribution in [3.05, 3.63) is 23.8 Å². The van der Waals surface area contributed by atoms with Gasteiger partial charge in [-0.3, -0.25) is 4.79 Å². The lowest BCUT2D eigenvalue weighted by Gasteiger charge is -2.58. The Kier molecular flexibility index (Phi) is 7.47. The molecule has 0 saturated heterocycles.